The van der Waals surface area contributed by atoms with Gasteiger partial charge >= 0.3 is 6.18 Å². The van der Waals surface area contributed by atoms with Crippen molar-refractivity contribution in [3.63, 3.8) is 0 Å². The lowest BCUT2D eigenvalue weighted by atomic mass is 9.62. The number of rotatable bonds is 5. The van der Waals surface area contributed by atoms with E-state index in [1.807, 2.05) is 30.1 Å². The zero-order chi connectivity index (χ0) is 29.5. The molecule has 2 aromatic carbocycles. The number of likely N-dealkylation sites (N-methyl/N-ethyl adjacent to an activating group) is 1. The van der Waals surface area contributed by atoms with Crippen LogP contribution in [0.5, 0.6) is 0 Å². The van der Waals surface area contributed by atoms with Crippen LogP contribution in [0.3, 0.4) is 0 Å². The Kier molecular flexibility index (Phi) is 7.84. The van der Waals surface area contributed by atoms with E-state index in [0.29, 0.717) is 70.2 Å². The van der Waals surface area contributed by atoms with E-state index in [-0.39, 0.29) is 29.1 Å². The van der Waals surface area contributed by atoms with Gasteiger partial charge in [-0.15, -0.1) is 0 Å². The van der Waals surface area contributed by atoms with Crippen molar-refractivity contribution in [1.82, 2.24) is 20.0 Å². The van der Waals surface area contributed by atoms with Crippen molar-refractivity contribution >= 4 is 17.7 Å². The van der Waals surface area contributed by atoms with Crippen LogP contribution < -0.4 is 5.32 Å². The SMILES string of the molecule is CN1CC([C@@H](NC(=O)c2cc(C(F)(F)F)ccc2F)C(=O)N2CCC3(CC2)CC(=O)N(C)CC3c2ccccc2)C1. The Bertz CT molecular complexity index is 1300. The number of carbonyl (C=O) groups excluding carboxylic acids is 3. The van der Waals surface area contributed by atoms with Gasteiger partial charge in [0.2, 0.25) is 11.8 Å². The Labute approximate surface area is 236 Å². The number of piperidine rings is 2. The molecule has 0 aromatic heterocycles. The number of nitrogens with zero attached hydrogens (tertiary/aromatic N) is 3. The van der Waals surface area contributed by atoms with Gasteiger partial charge in [-0.05, 0) is 49.1 Å². The van der Waals surface area contributed by atoms with E-state index in [0.717, 1.165) is 5.56 Å². The van der Waals surface area contributed by atoms with Crippen LogP contribution in [-0.4, -0.2) is 85.3 Å². The van der Waals surface area contributed by atoms with E-state index < -0.39 is 35.1 Å². The maximum atomic E-state index is 14.4. The van der Waals surface area contributed by atoms with Crippen molar-refractivity contribution in [3.05, 3.63) is 71.0 Å². The zero-order valence-corrected chi connectivity index (χ0v) is 23.1. The Balaban J connectivity index is 1.33. The van der Waals surface area contributed by atoms with Crippen LogP contribution in [-0.2, 0) is 15.8 Å². The molecule has 0 radical (unpaired) electrons. The maximum absolute atomic E-state index is 14.4. The predicted octanol–water partition coefficient (Wildman–Crippen LogP) is 3.76. The van der Waals surface area contributed by atoms with Gasteiger partial charge in [0.25, 0.3) is 5.91 Å². The molecule has 1 spiro atoms. The molecule has 0 bridgehead atoms. The first-order chi connectivity index (χ1) is 19.4. The standard InChI is InChI=1S/C30H34F4N4O3/c1-36-16-20(17-36)26(35-27(40)22-14-21(30(32,33)34)8-9-24(22)31)28(41)38-12-10-29(11-13-38)15-25(39)37(2)18-23(29)19-6-4-3-5-7-19/h3-9,14,20,23,26H,10-13,15-18H2,1-2H3,(H,35,40)/t23?,26-/m1/s1. The minimum Gasteiger partial charge on any atom is -0.345 e. The molecule has 0 saturated carbocycles. The van der Waals surface area contributed by atoms with Gasteiger partial charge < -0.3 is 20.0 Å². The Hall–Kier alpha value is -3.47. The van der Waals surface area contributed by atoms with Crippen molar-refractivity contribution in [2.45, 2.75) is 37.4 Å². The number of hydrogen-bond donors (Lipinski definition) is 1. The molecule has 3 saturated heterocycles. The first-order valence-corrected chi connectivity index (χ1v) is 13.8. The quantitative estimate of drug-likeness (QED) is 0.553. The Morgan fingerprint density at radius 3 is 2.27 bits per heavy atom. The first-order valence-electron chi connectivity index (χ1n) is 13.8. The number of benzene rings is 2. The summed E-state index contributed by atoms with van der Waals surface area (Å²) in [6, 6.07) is 10.7. The molecule has 5 rings (SSSR count). The molecule has 7 nitrogen and oxygen atoms in total. The van der Waals surface area contributed by atoms with Gasteiger partial charge in [-0.1, -0.05) is 30.3 Å². The topological polar surface area (TPSA) is 73.0 Å². The van der Waals surface area contributed by atoms with Crippen LogP contribution in [0.4, 0.5) is 17.6 Å². The summed E-state index contributed by atoms with van der Waals surface area (Å²) in [6.45, 7) is 2.37. The van der Waals surface area contributed by atoms with Crippen molar-refractivity contribution in [1.29, 1.82) is 0 Å². The van der Waals surface area contributed by atoms with Crippen LogP contribution in [0.15, 0.2) is 48.5 Å². The number of amides is 3. The lowest BCUT2D eigenvalue weighted by Crippen LogP contribution is -2.62. The van der Waals surface area contributed by atoms with Gasteiger partial charge in [0.15, 0.2) is 0 Å². The van der Waals surface area contributed by atoms with Crippen molar-refractivity contribution < 1.29 is 31.9 Å². The smallest absolute Gasteiger partial charge is 0.345 e. The summed E-state index contributed by atoms with van der Waals surface area (Å²) in [5.41, 5.74) is -1.05. The summed E-state index contributed by atoms with van der Waals surface area (Å²) >= 11 is 0. The molecule has 2 aromatic rings. The fourth-order valence-electron chi connectivity index (χ4n) is 6.60. The molecule has 3 amide bonds. The van der Waals surface area contributed by atoms with Crippen LogP contribution in [0.1, 0.15) is 46.7 Å². The highest BCUT2D eigenvalue weighted by atomic mass is 19.4. The number of halogens is 4. The van der Waals surface area contributed by atoms with Gasteiger partial charge in [0.05, 0.1) is 11.1 Å². The van der Waals surface area contributed by atoms with Gasteiger partial charge in [-0.3, -0.25) is 14.4 Å². The van der Waals surface area contributed by atoms with Crippen LogP contribution in [0, 0.1) is 17.2 Å². The molecule has 1 N–H and O–H groups in total. The summed E-state index contributed by atoms with van der Waals surface area (Å²) < 4.78 is 54.1. The highest BCUT2D eigenvalue weighted by molar-refractivity contribution is 5.98. The van der Waals surface area contributed by atoms with E-state index in [9.17, 15) is 31.9 Å². The van der Waals surface area contributed by atoms with Gasteiger partial charge in [0, 0.05) is 58.0 Å². The van der Waals surface area contributed by atoms with Crippen LogP contribution >= 0.6 is 0 Å². The molecular weight excluding hydrogens is 540 g/mol. The average Bonchev–Trinajstić information content (AvgIpc) is 2.92. The summed E-state index contributed by atoms with van der Waals surface area (Å²) in [6.07, 6.45) is -3.16. The van der Waals surface area contributed by atoms with Crippen molar-refractivity contribution in [3.8, 4) is 0 Å². The van der Waals surface area contributed by atoms with Gasteiger partial charge in [0.1, 0.15) is 11.9 Å². The third-order valence-corrected chi connectivity index (χ3v) is 9.05. The molecule has 2 atom stereocenters. The fraction of sp³-hybridized carbons (Fsp3) is 0.500. The molecule has 0 aliphatic carbocycles. The molecule has 3 fully saturated rings. The molecule has 3 heterocycles. The van der Waals surface area contributed by atoms with Gasteiger partial charge in [-0.25, -0.2) is 4.39 Å². The number of carbonyl (C=O) groups is 3. The first kappa shape index (κ1) is 29.0. The minimum atomic E-state index is -4.74. The molecule has 3 aliphatic heterocycles. The molecule has 11 heteroatoms. The molecule has 1 unspecified atom stereocenters. The lowest BCUT2D eigenvalue weighted by molar-refractivity contribution is -0.144. The average molecular weight is 575 g/mol. The largest absolute Gasteiger partial charge is 0.416 e. The van der Waals surface area contributed by atoms with Crippen LogP contribution in [0.25, 0.3) is 0 Å². The summed E-state index contributed by atoms with van der Waals surface area (Å²) in [5, 5.41) is 2.57. The lowest BCUT2D eigenvalue weighted by Gasteiger charge is -2.51. The minimum absolute atomic E-state index is 0.0720. The van der Waals surface area contributed by atoms with E-state index in [4.69, 9.17) is 0 Å². The molecular formula is C30H34F4N4O3. The highest BCUT2D eigenvalue weighted by Gasteiger charge is 2.49. The normalized spacial score (nSPS) is 22.4. The maximum Gasteiger partial charge on any atom is 0.416 e. The third-order valence-electron chi connectivity index (χ3n) is 9.05. The number of nitrogens with one attached hydrogen (secondary N) is 1. The summed E-state index contributed by atoms with van der Waals surface area (Å²) in [4.78, 5) is 45.0. The Morgan fingerprint density at radius 1 is 1.00 bits per heavy atom. The zero-order valence-electron chi connectivity index (χ0n) is 23.1. The van der Waals surface area contributed by atoms with E-state index in [2.05, 4.69) is 17.4 Å². The van der Waals surface area contributed by atoms with Crippen molar-refractivity contribution in [2.75, 3.05) is 46.8 Å². The van der Waals surface area contributed by atoms with E-state index in [1.54, 1.807) is 16.8 Å². The predicted molar refractivity (Wildman–Crippen MR) is 143 cm³/mol. The second kappa shape index (κ2) is 11.1. The third kappa shape index (κ3) is 5.82. The highest BCUT2D eigenvalue weighted by Crippen LogP contribution is 2.50. The Morgan fingerprint density at radius 2 is 1.66 bits per heavy atom. The second-order valence-corrected chi connectivity index (χ2v) is 11.7. The van der Waals surface area contributed by atoms with E-state index in [1.165, 1.54) is 0 Å². The van der Waals surface area contributed by atoms with Crippen LogP contribution in [0.2, 0.25) is 0 Å². The molecule has 41 heavy (non-hydrogen) atoms. The number of likely N-dealkylation sites (tertiary alicyclic amines) is 3. The summed E-state index contributed by atoms with van der Waals surface area (Å²) in [5.74, 6) is -2.56. The molecule has 220 valence electrons. The second-order valence-electron chi connectivity index (χ2n) is 11.7. The fourth-order valence-corrected chi connectivity index (χ4v) is 6.60. The number of alkyl halides is 3. The van der Waals surface area contributed by atoms with Crippen molar-refractivity contribution in [2.24, 2.45) is 11.3 Å². The van der Waals surface area contributed by atoms with E-state index >= 15 is 0 Å². The monoisotopic (exact) mass is 574 g/mol. The summed E-state index contributed by atoms with van der Waals surface area (Å²) in [7, 11) is 3.66. The van der Waals surface area contributed by atoms with Gasteiger partial charge in [-0.2, -0.15) is 13.2 Å². The molecule has 3 aliphatic rings. The number of hydrogen-bond acceptors (Lipinski definition) is 4.